The van der Waals surface area contributed by atoms with Crippen molar-refractivity contribution in [2.75, 3.05) is 25.1 Å². The zero-order chi connectivity index (χ0) is 10.8. The van der Waals surface area contributed by atoms with Crippen molar-refractivity contribution in [3.05, 3.63) is 23.8 Å². The second kappa shape index (κ2) is 4.11. The lowest BCUT2D eigenvalue weighted by Crippen LogP contribution is -2.34. The molecule has 3 nitrogen and oxygen atoms in total. The van der Waals surface area contributed by atoms with Crippen molar-refractivity contribution < 1.29 is 4.74 Å². The van der Waals surface area contributed by atoms with Gasteiger partial charge in [-0.15, -0.1) is 0 Å². The molecule has 2 rings (SSSR count). The Bertz CT molecular complexity index is 349. The van der Waals surface area contributed by atoms with Gasteiger partial charge in [-0.25, -0.2) is 0 Å². The highest BCUT2D eigenvalue weighted by molar-refractivity contribution is 5.61. The van der Waals surface area contributed by atoms with Crippen LogP contribution in [0.3, 0.4) is 0 Å². The molecule has 0 fully saturated rings. The van der Waals surface area contributed by atoms with Crippen molar-refractivity contribution in [1.82, 2.24) is 0 Å². The molecule has 0 amide bonds. The molecule has 1 aliphatic heterocycles. The molecule has 0 spiro atoms. The van der Waals surface area contributed by atoms with Gasteiger partial charge >= 0.3 is 0 Å². The predicted octanol–water partition coefficient (Wildman–Crippen LogP) is 1.40. The molecule has 82 valence electrons. The predicted molar refractivity (Wildman–Crippen MR) is 62.6 cm³/mol. The van der Waals surface area contributed by atoms with Crippen LogP contribution < -0.4 is 15.4 Å². The lowest BCUT2D eigenvalue weighted by molar-refractivity contribution is 0.415. The van der Waals surface area contributed by atoms with Crippen LogP contribution in [0.15, 0.2) is 18.2 Å². The van der Waals surface area contributed by atoms with E-state index in [0.717, 1.165) is 25.3 Å². The largest absolute Gasteiger partial charge is 0.497 e. The Balaban J connectivity index is 2.23. The minimum absolute atomic E-state index is 0.210. The number of anilines is 1. The Labute approximate surface area is 90.8 Å². The quantitative estimate of drug-likeness (QED) is 0.812. The number of hydrogen-bond donors (Lipinski definition) is 1. The molecule has 0 unspecified atom stereocenters. The van der Waals surface area contributed by atoms with Crippen molar-refractivity contribution in [2.45, 2.75) is 19.4 Å². The molecular formula is C12H18N2O. The van der Waals surface area contributed by atoms with Gasteiger partial charge in [0.1, 0.15) is 5.75 Å². The zero-order valence-electron chi connectivity index (χ0n) is 9.36. The van der Waals surface area contributed by atoms with Crippen LogP contribution in [0.2, 0.25) is 0 Å². The molecule has 1 heterocycles. The smallest absolute Gasteiger partial charge is 0.120 e. The Morgan fingerprint density at radius 3 is 3.00 bits per heavy atom. The van der Waals surface area contributed by atoms with Crippen molar-refractivity contribution in [3.8, 4) is 5.75 Å². The molecule has 0 aliphatic carbocycles. The molecule has 15 heavy (non-hydrogen) atoms. The van der Waals surface area contributed by atoms with Gasteiger partial charge in [-0.3, -0.25) is 0 Å². The molecular weight excluding hydrogens is 188 g/mol. The van der Waals surface area contributed by atoms with Crippen LogP contribution in [0.25, 0.3) is 0 Å². The first-order valence-corrected chi connectivity index (χ1v) is 5.38. The van der Waals surface area contributed by atoms with Crippen molar-refractivity contribution in [2.24, 2.45) is 5.73 Å². The number of hydrogen-bond acceptors (Lipinski definition) is 3. The first-order chi connectivity index (χ1) is 7.20. The lowest BCUT2D eigenvalue weighted by atomic mass is 10.1. The molecule has 1 aromatic carbocycles. The number of fused-ring (bicyclic) bond motifs is 1. The summed E-state index contributed by atoms with van der Waals surface area (Å²) in [5, 5.41) is 0. The summed E-state index contributed by atoms with van der Waals surface area (Å²) in [6.07, 6.45) is 1.12. The zero-order valence-corrected chi connectivity index (χ0v) is 9.36. The maximum absolute atomic E-state index is 5.83. The van der Waals surface area contributed by atoms with Crippen LogP contribution in [0.4, 0.5) is 5.69 Å². The van der Waals surface area contributed by atoms with Gasteiger partial charge in [0.25, 0.3) is 0 Å². The Morgan fingerprint density at radius 1 is 1.53 bits per heavy atom. The second-order valence-electron chi connectivity index (χ2n) is 4.17. The van der Waals surface area contributed by atoms with Crippen LogP contribution in [0, 0.1) is 0 Å². The van der Waals surface area contributed by atoms with Crippen molar-refractivity contribution >= 4 is 5.69 Å². The van der Waals surface area contributed by atoms with E-state index in [1.54, 1.807) is 7.11 Å². The van der Waals surface area contributed by atoms with E-state index in [4.69, 9.17) is 10.5 Å². The van der Waals surface area contributed by atoms with E-state index in [0.29, 0.717) is 0 Å². The third kappa shape index (κ3) is 2.07. The molecule has 0 aromatic heterocycles. The molecule has 3 heteroatoms. The first-order valence-electron chi connectivity index (χ1n) is 5.38. The van der Waals surface area contributed by atoms with Crippen LogP contribution in [-0.4, -0.2) is 26.2 Å². The highest BCUT2D eigenvalue weighted by Gasteiger charge is 2.19. The summed E-state index contributed by atoms with van der Waals surface area (Å²) in [6, 6.07) is 6.48. The van der Waals surface area contributed by atoms with E-state index in [-0.39, 0.29) is 6.04 Å². The molecule has 2 N–H and O–H groups in total. The average molecular weight is 206 g/mol. The van der Waals surface area contributed by atoms with E-state index in [9.17, 15) is 0 Å². The standard InChI is InChI=1S/C12H18N2O/c1-9(13)8-14-6-5-10-3-4-11(15-2)7-12(10)14/h3-4,7,9H,5-6,8,13H2,1-2H3/t9-/m0/s1. The molecule has 1 atom stereocenters. The molecule has 0 radical (unpaired) electrons. The highest BCUT2D eigenvalue weighted by atomic mass is 16.5. The maximum Gasteiger partial charge on any atom is 0.120 e. The fourth-order valence-electron chi connectivity index (χ4n) is 2.09. The lowest BCUT2D eigenvalue weighted by Gasteiger charge is -2.21. The second-order valence-corrected chi connectivity index (χ2v) is 4.17. The maximum atomic E-state index is 5.83. The van der Waals surface area contributed by atoms with E-state index in [2.05, 4.69) is 17.0 Å². The number of ether oxygens (including phenoxy) is 1. The van der Waals surface area contributed by atoms with E-state index >= 15 is 0 Å². The third-order valence-corrected chi connectivity index (χ3v) is 2.79. The van der Waals surface area contributed by atoms with Gasteiger partial charge in [-0.1, -0.05) is 6.07 Å². The minimum Gasteiger partial charge on any atom is -0.497 e. The normalized spacial score (nSPS) is 16.3. The fraction of sp³-hybridized carbons (Fsp3) is 0.500. The SMILES string of the molecule is COc1ccc2c(c1)N(C[C@H](C)N)CC2. The van der Waals surface area contributed by atoms with Crippen LogP contribution >= 0.6 is 0 Å². The number of rotatable bonds is 3. The van der Waals surface area contributed by atoms with Gasteiger partial charge in [-0.2, -0.15) is 0 Å². The third-order valence-electron chi connectivity index (χ3n) is 2.79. The topological polar surface area (TPSA) is 38.5 Å². The summed E-state index contributed by atoms with van der Waals surface area (Å²) in [4.78, 5) is 2.34. The molecule has 1 aromatic rings. The minimum atomic E-state index is 0.210. The number of nitrogens with zero attached hydrogens (tertiary/aromatic N) is 1. The monoisotopic (exact) mass is 206 g/mol. The molecule has 0 saturated carbocycles. The summed E-state index contributed by atoms with van der Waals surface area (Å²) in [6.45, 7) is 4.03. The van der Waals surface area contributed by atoms with Crippen LogP contribution in [-0.2, 0) is 6.42 Å². The Morgan fingerprint density at radius 2 is 2.33 bits per heavy atom. The Hall–Kier alpha value is -1.22. The number of nitrogens with two attached hydrogens (primary N) is 1. The summed E-state index contributed by atoms with van der Waals surface area (Å²) >= 11 is 0. The van der Waals surface area contributed by atoms with Gasteiger partial charge in [0.05, 0.1) is 7.11 Å². The van der Waals surface area contributed by atoms with Crippen molar-refractivity contribution in [3.63, 3.8) is 0 Å². The number of benzene rings is 1. The fourth-order valence-corrected chi connectivity index (χ4v) is 2.09. The van der Waals surface area contributed by atoms with Gasteiger partial charge in [0.2, 0.25) is 0 Å². The highest BCUT2D eigenvalue weighted by Crippen LogP contribution is 2.31. The average Bonchev–Trinajstić information content (AvgIpc) is 2.60. The molecule has 1 aliphatic rings. The van der Waals surface area contributed by atoms with Crippen LogP contribution in [0.5, 0.6) is 5.75 Å². The summed E-state index contributed by atoms with van der Waals surface area (Å²) < 4.78 is 5.23. The van der Waals surface area contributed by atoms with E-state index < -0.39 is 0 Å². The summed E-state index contributed by atoms with van der Waals surface area (Å²) in [5.41, 5.74) is 8.51. The summed E-state index contributed by atoms with van der Waals surface area (Å²) in [5.74, 6) is 0.922. The van der Waals surface area contributed by atoms with Gasteiger partial charge in [0, 0.05) is 30.9 Å². The van der Waals surface area contributed by atoms with Gasteiger partial charge < -0.3 is 15.4 Å². The number of methoxy groups -OCH3 is 1. The Kier molecular flexibility index (Phi) is 2.82. The van der Waals surface area contributed by atoms with E-state index in [1.165, 1.54) is 11.3 Å². The summed E-state index contributed by atoms with van der Waals surface area (Å²) in [7, 11) is 1.70. The van der Waals surface area contributed by atoms with Crippen molar-refractivity contribution in [1.29, 1.82) is 0 Å². The van der Waals surface area contributed by atoms with Gasteiger partial charge in [-0.05, 0) is 25.0 Å². The van der Waals surface area contributed by atoms with Crippen LogP contribution in [0.1, 0.15) is 12.5 Å². The molecule has 0 bridgehead atoms. The van der Waals surface area contributed by atoms with E-state index in [1.807, 2.05) is 13.0 Å². The first kappa shape index (κ1) is 10.3. The molecule has 0 saturated heterocycles. The van der Waals surface area contributed by atoms with Gasteiger partial charge in [0.15, 0.2) is 0 Å².